The van der Waals surface area contributed by atoms with Crippen molar-refractivity contribution in [1.82, 2.24) is 4.98 Å². The van der Waals surface area contributed by atoms with Crippen molar-refractivity contribution in [3.8, 4) is 0 Å². The van der Waals surface area contributed by atoms with Gasteiger partial charge in [-0.1, -0.05) is 0 Å². The third kappa shape index (κ3) is 2.70. The van der Waals surface area contributed by atoms with E-state index in [4.69, 9.17) is 10.5 Å². The van der Waals surface area contributed by atoms with Gasteiger partial charge in [-0.15, -0.1) is 0 Å². The van der Waals surface area contributed by atoms with Crippen molar-refractivity contribution in [3.63, 3.8) is 0 Å². The van der Waals surface area contributed by atoms with E-state index in [1.807, 2.05) is 30.5 Å². The van der Waals surface area contributed by atoms with Crippen LogP contribution >= 0.6 is 0 Å². The monoisotopic (exact) mass is 271 g/mol. The first-order chi connectivity index (χ1) is 9.72. The lowest BCUT2D eigenvalue weighted by molar-refractivity contribution is 0.175. The third-order valence-electron chi connectivity index (χ3n) is 4.21. The topological polar surface area (TPSA) is 60.2 Å². The second kappa shape index (κ2) is 5.29. The molecule has 1 aromatic carbocycles. The third-order valence-corrected chi connectivity index (χ3v) is 4.21. The Morgan fingerprint density at radius 2 is 2.20 bits per heavy atom. The quantitative estimate of drug-likeness (QED) is 0.793. The number of hydrogen-bond donors (Lipinski definition) is 2. The first-order valence-corrected chi connectivity index (χ1v) is 7.10. The lowest BCUT2D eigenvalue weighted by Gasteiger charge is -2.17. The summed E-state index contributed by atoms with van der Waals surface area (Å²) in [7, 11) is 1.77. The van der Waals surface area contributed by atoms with Crippen molar-refractivity contribution in [2.24, 2.45) is 5.41 Å². The molecule has 1 saturated carbocycles. The van der Waals surface area contributed by atoms with Gasteiger partial charge in [0.2, 0.25) is 0 Å². The van der Waals surface area contributed by atoms with Gasteiger partial charge >= 0.3 is 0 Å². The Bertz CT molecular complexity index is 608. The molecule has 0 unspecified atom stereocenters. The zero-order valence-electron chi connectivity index (χ0n) is 11.9. The van der Waals surface area contributed by atoms with Gasteiger partial charge in [0.25, 0.3) is 0 Å². The predicted octanol–water partition coefficient (Wildman–Crippen LogP) is 3.05. The minimum absolute atomic E-state index is 0.430. The summed E-state index contributed by atoms with van der Waals surface area (Å²) in [6.45, 7) is 1.84. The molecule has 0 amide bonds. The second-order valence-electron chi connectivity index (χ2n) is 5.73. The van der Waals surface area contributed by atoms with Crippen LogP contribution in [0.15, 0.2) is 30.5 Å². The van der Waals surface area contributed by atoms with Crippen LogP contribution in [0.2, 0.25) is 0 Å². The van der Waals surface area contributed by atoms with Gasteiger partial charge in [0.05, 0.1) is 5.52 Å². The lowest BCUT2D eigenvalue weighted by atomic mass is 10.0. The van der Waals surface area contributed by atoms with Crippen LogP contribution in [0.4, 0.5) is 11.4 Å². The Labute approximate surface area is 119 Å². The van der Waals surface area contributed by atoms with E-state index in [0.29, 0.717) is 5.41 Å². The van der Waals surface area contributed by atoms with E-state index in [-0.39, 0.29) is 0 Å². The molecule has 106 valence electrons. The number of methoxy groups -OCH3 is 1. The average molecular weight is 271 g/mol. The van der Waals surface area contributed by atoms with E-state index in [2.05, 4.69) is 10.3 Å². The molecule has 0 radical (unpaired) electrons. The highest BCUT2D eigenvalue weighted by atomic mass is 16.5. The molecule has 3 rings (SSSR count). The molecule has 4 nitrogen and oxygen atoms in total. The van der Waals surface area contributed by atoms with Gasteiger partial charge in [0.1, 0.15) is 0 Å². The fraction of sp³-hybridized carbons (Fsp3) is 0.438. The van der Waals surface area contributed by atoms with Gasteiger partial charge in [-0.3, -0.25) is 4.98 Å². The Morgan fingerprint density at radius 3 is 2.95 bits per heavy atom. The van der Waals surface area contributed by atoms with Crippen molar-refractivity contribution >= 4 is 22.3 Å². The fourth-order valence-corrected chi connectivity index (χ4v) is 2.61. The van der Waals surface area contributed by atoms with Crippen molar-refractivity contribution in [3.05, 3.63) is 30.5 Å². The van der Waals surface area contributed by atoms with Gasteiger partial charge in [-0.25, -0.2) is 0 Å². The maximum atomic E-state index is 5.81. The zero-order chi connectivity index (χ0) is 14.0. The van der Waals surface area contributed by atoms with Crippen LogP contribution in [0, 0.1) is 5.41 Å². The molecule has 1 aromatic heterocycles. The average Bonchev–Trinajstić information content (AvgIpc) is 3.23. The maximum absolute atomic E-state index is 5.81. The summed E-state index contributed by atoms with van der Waals surface area (Å²) in [6, 6.07) is 7.91. The first kappa shape index (κ1) is 13.2. The van der Waals surface area contributed by atoms with Crippen LogP contribution in [0.1, 0.15) is 19.3 Å². The summed E-state index contributed by atoms with van der Waals surface area (Å²) in [6.07, 6.45) is 5.55. The summed E-state index contributed by atoms with van der Waals surface area (Å²) in [4.78, 5) is 4.37. The standard InChI is InChI=1S/C16H21N3O/c1-20-9-7-16(5-6-16)11-19-14-4-8-18-15-10-12(17)2-3-13(14)15/h2-4,8,10H,5-7,9,11,17H2,1H3,(H,18,19). The SMILES string of the molecule is COCCC1(CNc2ccnc3cc(N)ccc23)CC1. The van der Waals surface area contributed by atoms with Gasteiger partial charge < -0.3 is 15.8 Å². The number of fused-ring (bicyclic) bond motifs is 1. The van der Waals surface area contributed by atoms with E-state index in [9.17, 15) is 0 Å². The molecule has 0 spiro atoms. The van der Waals surface area contributed by atoms with Crippen LogP contribution < -0.4 is 11.1 Å². The molecule has 1 fully saturated rings. The smallest absolute Gasteiger partial charge is 0.0743 e. The Hall–Kier alpha value is -1.81. The molecule has 4 heteroatoms. The van der Waals surface area contributed by atoms with Crippen LogP contribution in [0.25, 0.3) is 10.9 Å². The minimum atomic E-state index is 0.430. The van der Waals surface area contributed by atoms with Crippen LogP contribution in [0.5, 0.6) is 0 Å². The number of nitrogen functional groups attached to an aromatic ring is 1. The molecular weight excluding hydrogens is 250 g/mol. The highest BCUT2D eigenvalue weighted by Gasteiger charge is 2.41. The number of nitrogens with zero attached hydrogens (tertiary/aromatic N) is 1. The van der Waals surface area contributed by atoms with E-state index >= 15 is 0 Å². The normalized spacial score (nSPS) is 16.2. The lowest BCUT2D eigenvalue weighted by Crippen LogP contribution is -2.17. The molecule has 1 aliphatic rings. The minimum Gasteiger partial charge on any atom is -0.399 e. The first-order valence-electron chi connectivity index (χ1n) is 7.10. The Balaban J connectivity index is 1.75. The van der Waals surface area contributed by atoms with Crippen molar-refractivity contribution < 1.29 is 4.74 Å². The van der Waals surface area contributed by atoms with Crippen molar-refractivity contribution in [1.29, 1.82) is 0 Å². The zero-order valence-corrected chi connectivity index (χ0v) is 11.9. The van der Waals surface area contributed by atoms with Gasteiger partial charge in [-0.2, -0.15) is 0 Å². The van der Waals surface area contributed by atoms with Crippen LogP contribution in [-0.2, 0) is 4.74 Å². The number of pyridine rings is 1. The van der Waals surface area contributed by atoms with Crippen LogP contribution in [-0.4, -0.2) is 25.2 Å². The molecule has 1 heterocycles. The molecule has 20 heavy (non-hydrogen) atoms. The molecule has 0 saturated heterocycles. The fourth-order valence-electron chi connectivity index (χ4n) is 2.61. The summed E-state index contributed by atoms with van der Waals surface area (Å²) in [5.41, 5.74) is 9.07. The van der Waals surface area contributed by atoms with E-state index in [1.54, 1.807) is 7.11 Å². The molecular formula is C16H21N3O. The highest BCUT2D eigenvalue weighted by molar-refractivity contribution is 5.92. The number of nitrogens with one attached hydrogen (secondary N) is 1. The van der Waals surface area contributed by atoms with Gasteiger partial charge in [-0.05, 0) is 48.9 Å². The number of aromatic nitrogens is 1. The number of ether oxygens (including phenoxy) is 1. The number of nitrogens with two attached hydrogens (primary N) is 1. The van der Waals surface area contributed by atoms with E-state index in [0.717, 1.165) is 41.9 Å². The molecule has 0 atom stereocenters. The summed E-state index contributed by atoms with van der Waals surface area (Å²) in [5.74, 6) is 0. The van der Waals surface area contributed by atoms with Gasteiger partial charge in [0, 0.05) is 43.2 Å². The molecule has 0 bridgehead atoms. The summed E-state index contributed by atoms with van der Waals surface area (Å²) in [5, 5.41) is 4.71. The Kier molecular flexibility index (Phi) is 3.49. The van der Waals surface area contributed by atoms with Crippen molar-refractivity contribution in [2.75, 3.05) is 31.3 Å². The number of anilines is 2. The summed E-state index contributed by atoms with van der Waals surface area (Å²) >= 11 is 0. The van der Waals surface area contributed by atoms with E-state index in [1.165, 1.54) is 12.8 Å². The number of hydrogen-bond acceptors (Lipinski definition) is 4. The van der Waals surface area contributed by atoms with Gasteiger partial charge in [0.15, 0.2) is 0 Å². The number of rotatable bonds is 6. The molecule has 1 aliphatic carbocycles. The summed E-state index contributed by atoms with van der Waals surface area (Å²) < 4.78 is 5.20. The second-order valence-corrected chi connectivity index (χ2v) is 5.73. The van der Waals surface area contributed by atoms with Crippen molar-refractivity contribution in [2.45, 2.75) is 19.3 Å². The van der Waals surface area contributed by atoms with Crippen LogP contribution in [0.3, 0.4) is 0 Å². The Morgan fingerprint density at radius 1 is 1.35 bits per heavy atom. The maximum Gasteiger partial charge on any atom is 0.0743 e. The predicted molar refractivity (Wildman–Crippen MR) is 82.8 cm³/mol. The largest absolute Gasteiger partial charge is 0.399 e. The molecule has 3 N–H and O–H groups in total. The molecule has 0 aliphatic heterocycles. The highest BCUT2D eigenvalue weighted by Crippen LogP contribution is 2.48. The number of benzene rings is 1. The molecule has 2 aromatic rings. The van der Waals surface area contributed by atoms with E-state index < -0.39 is 0 Å².